The third-order valence-corrected chi connectivity index (χ3v) is 3.99. The minimum atomic E-state index is -0.649. The second kappa shape index (κ2) is 8.96. The van der Waals surface area contributed by atoms with Crippen LogP contribution >= 0.6 is 11.6 Å². The minimum absolute atomic E-state index is 0.0342. The highest BCUT2D eigenvalue weighted by Gasteiger charge is 2.21. The third kappa shape index (κ3) is 5.03. The smallest absolute Gasteiger partial charge is 0.313 e. The van der Waals surface area contributed by atoms with Gasteiger partial charge in [0.05, 0.1) is 10.8 Å². The highest BCUT2D eigenvalue weighted by atomic mass is 35.5. The molecule has 2 rings (SSSR count). The lowest BCUT2D eigenvalue weighted by atomic mass is 9.97. The molecule has 0 radical (unpaired) electrons. The summed E-state index contributed by atoms with van der Waals surface area (Å²) in [6, 6.07) is 13.0. The average Bonchev–Trinajstić information content (AvgIpc) is 2.63. The van der Waals surface area contributed by atoms with Crippen molar-refractivity contribution in [1.29, 1.82) is 0 Å². The van der Waals surface area contributed by atoms with E-state index in [9.17, 15) is 19.7 Å². The van der Waals surface area contributed by atoms with Gasteiger partial charge in [-0.3, -0.25) is 19.7 Å². The fourth-order valence-corrected chi connectivity index (χ4v) is 2.58. The lowest BCUT2D eigenvalue weighted by Crippen LogP contribution is -2.23. The van der Waals surface area contributed by atoms with Crippen molar-refractivity contribution in [2.24, 2.45) is 0 Å². The van der Waals surface area contributed by atoms with E-state index in [1.165, 1.54) is 12.1 Å². The molecule has 0 saturated heterocycles. The molecule has 0 fully saturated rings. The number of hydrogen-bond donors (Lipinski definition) is 1. The van der Waals surface area contributed by atoms with Crippen LogP contribution in [-0.4, -0.2) is 23.4 Å². The molecule has 0 bridgehead atoms. The first-order chi connectivity index (χ1) is 12.4. The zero-order valence-electron chi connectivity index (χ0n) is 14.0. The number of anilines is 1. The SMILES string of the molecule is CC[C@H](C(=O)OCC(=O)Nc1ccc(Cl)c([N+](=O)[O-])c1)c1ccccc1. The molecule has 26 heavy (non-hydrogen) atoms. The maximum absolute atomic E-state index is 12.2. The van der Waals surface area contributed by atoms with Crippen molar-refractivity contribution in [3.05, 3.63) is 69.2 Å². The Bertz CT molecular complexity index is 810. The number of nitrogens with zero attached hydrogens (tertiary/aromatic N) is 1. The zero-order chi connectivity index (χ0) is 19.1. The Labute approximate surface area is 155 Å². The summed E-state index contributed by atoms with van der Waals surface area (Å²) in [4.78, 5) is 34.4. The first-order valence-corrected chi connectivity index (χ1v) is 8.25. The van der Waals surface area contributed by atoms with Crippen LogP contribution in [0.25, 0.3) is 0 Å². The number of hydrogen-bond acceptors (Lipinski definition) is 5. The van der Waals surface area contributed by atoms with E-state index in [1.807, 2.05) is 37.3 Å². The summed E-state index contributed by atoms with van der Waals surface area (Å²) < 4.78 is 5.07. The van der Waals surface area contributed by atoms with Gasteiger partial charge in [0.15, 0.2) is 6.61 Å². The molecule has 1 amide bonds. The fourth-order valence-electron chi connectivity index (χ4n) is 2.39. The van der Waals surface area contributed by atoms with Gasteiger partial charge in [0.2, 0.25) is 0 Å². The second-order valence-corrected chi connectivity index (χ2v) is 5.86. The van der Waals surface area contributed by atoms with Crippen LogP contribution < -0.4 is 5.32 Å². The van der Waals surface area contributed by atoms with Gasteiger partial charge in [-0.15, -0.1) is 0 Å². The first kappa shape index (κ1) is 19.4. The van der Waals surface area contributed by atoms with Crippen LogP contribution in [0.3, 0.4) is 0 Å². The summed E-state index contributed by atoms with van der Waals surface area (Å²) in [6.07, 6.45) is 0.536. The zero-order valence-corrected chi connectivity index (χ0v) is 14.7. The molecule has 2 aromatic rings. The molecular weight excluding hydrogens is 360 g/mol. The van der Waals surface area contributed by atoms with Gasteiger partial charge >= 0.3 is 5.97 Å². The standard InChI is InChI=1S/C18H17ClN2O5/c1-2-14(12-6-4-3-5-7-12)18(23)26-11-17(22)20-13-8-9-15(19)16(10-13)21(24)25/h3-10,14H,2,11H2,1H3,(H,20,22)/t14-/m0/s1. The van der Waals surface area contributed by atoms with Crippen LogP contribution in [0, 0.1) is 10.1 Å². The summed E-state index contributed by atoms with van der Waals surface area (Å²) in [7, 11) is 0. The van der Waals surface area contributed by atoms with E-state index in [0.29, 0.717) is 6.42 Å². The molecule has 136 valence electrons. The van der Waals surface area contributed by atoms with Gasteiger partial charge in [-0.05, 0) is 24.1 Å². The molecule has 0 aliphatic rings. The molecule has 8 heteroatoms. The van der Waals surface area contributed by atoms with Crippen molar-refractivity contribution >= 4 is 34.9 Å². The number of esters is 1. The molecule has 0 spiro atoms. The lowest BCUT2D eigenvalue weighted by molar-refractivity contribution is -0.384. The van der Waals surface area contributed by atoms with Crippen molar-refractivity contribution in [3.63, 3.8) is 0 Å². The second-order valence-electron chi connectivity index (χ2n) is 5.45. The Kier molecular flexibility index (Phi) is 6.68. The predicted molar refractivity (Wildman–Crippen MR) is 97.2 cm³/mol. The maximum atomic E-state index is 12.2. The Morgan fingerprint density at radius 1 is 1.23 bits per heavy atom. The van der Waals surface area contributed by atoms with E-state index < -0.39 is 29.3 Å². The summed E-state index contributed by atoms with van der Waals surface area (Å²) in [5.74, 6) is -1.56. The molecule has 0 aliphatic carbocycles. The Morgan fingerprint density at radius 3 is 2.54 bits per heavy atom. The van der Waals surface area contributed by atoms with Crippen molar-refractivity contribution < 1.29 is 19.2 Å². The van der Waals surface area contributed by atoms with Crippen LogP contribution in [-0.2, 0) is 14.3 Å². The quantitative estimate of drug-likeness (QED) is 0.448. The van der Waals surface area contributed by atoms with E-state index >= 15 is 0 Å². The number of carbonyl (C=O) groups excluding carboxylic acids is 2. The predicted octanol–water partition coefficient (Wildman–Crippen LogP) is 3.92. The molecule has 0 aromatic heterocycles. The van der Waals surface area contributed by atoms with E-state index in [2.05, 4.69) is 5.32 Å². The van der Waals surface area contributed by atoms with E-state index in [1.54, 1.807) is 0 Å². The van der Waals surface area contributed by atoms with Gasteiger partial charge in [0.1, 0.15) is 5.02 Å². The molecule has 0 unspecified atom stereocenters. The minimum Gasteiger partial charge on any atom is -0.455 e. The number of nitro groups is 1. The Balaban J connectivity index is 1.95. The average molecular weight is 377 g/mol. The maximum Gasteiger partial charge on any atom is 0.313 e. The third-order valence-electron chi connectivity index (χ3n) is 3.67. The molecule has 2 aromatic carbocycles. The fraction of sp³-hybridized carbons (Fsp3) is 0.222. The van der Waals surface area contributed by atoms with Crippen LogP contribution in [0.2, 0.25) is 5.02 Å². The van der Waals surface area contributed by atoms with Gasteiger partial charge in [0, 0.05) is 11.8 Å². The van der Waals surface area contributed by atoms with E-state index in [0.717, 1.165) is 11.6 Å². The van der Waals surface area contributed by atoms with Crippen molar-refractivity contribution in [2.75, 3.05) is 11.9 Å². The van der Waals surface area contributed by atoms with Crippen LogP contribution in [0.1, 0.15) is 24.8 Å². The van der Waals surface area contributed by atoms with Gasteiger partial charge in [0.25, 0.3) is 11.6 Å². The van der Waals surface area contributed by atoms with Gasteiger partial charge in [-0.2, -0.15) is 0 Å². The molecule has 0 heterocycles. The molecule has 7 nitrogen and oxygen atoms in total. The number of benzene rings is 2. The highest BCUT2D eigenvalue weighted by Crippen LogP contribution is 2.27. The Hall–Kier alpha value is -2.93. The van der Waals surface area contributed by atoms with Crippen molar-refractivity contribution in [3.8, 4) is 0 Å². The highest BCUT2D eigenvalue weighted by molar-refractivity contribution is 6.32. The number of ether oxygens (including phenoxy) is 1. The largest absolute Gasteiger partial charge is 0.455 e. The Morgan fingerprint density at radius 2 is 1.92 bits per heavy atom. The number of rotatable bonds is 7. The lowest BCUT2D eigenvalue weighted by Gasteiger charge is -2.14. The van der Waals surface area contributed by atoms with Crippen LogP contribution in [0.15, 0.2) is 48.5 Å². The normalized spacial score (nSPS) is 11.5. The molecule has 1 atom stereocenters. The number of nitrogens with one attached hydrogen (secondary N) is 1. The molecular formula is C18H17ClN2O5. The summed E-state index contributed by atoms with van der Waals surface area (Å²) >= 11 is 5.72. The first-order valence-electron chi connectivity index (χ1n) is 7.87. The van der Waals surface area contributed by atoms with Crippen molar-refractivity contribution in [2.45, 2.75) is 19.3 Å². The summed E-state index contributed by atoms with van der Waals surface area (Å²) in [5, 5.41) is 13.3. The van der Waals surface area contributed by atoms with E-state index in [-0.39, 0.29) is 16.4 Å². The number of halogens is 1. The number of amides is 1. The topological polar surface area (TPSA) is 98.5 Å². The van der Waals surface area contributed by atoms with Crippen LogP contribution in [0.5, 0.6) is 0 Å². The molecule has 0 saturated carbocycles. The molecule has 0 aliphatic heterocycles. The summed E-state index contributed by atoms with van der Waals surface area (Å²) in [6.45, 7) is 1.37. The van der Waals surface area contributed by atoms with Crippen molar-refractivity contribution in [1.82, 2.24) is 0 Å². The number of nitro benzene ring substituents is 1. The van der Waals surface area contributed by atoms with Gasteiger partial charge < -0.3 is 10.1 Å². The van der Waals surface area contributed by atoms with Gasteiger partial charge in [-0.25, -0.2) is 0 Å². The number of carbonyl (C=O) groups is 2. The van der Waals surface area contributed by atoms with E-state index in [4.69, 9.17) is 16.3 Å². The molecule has 1 N–H and O–H groups in total. The van der Waals surface area contributed by atoms with Gasteiger partial charge in [-0.1, -0.05) is 48.9 Å². The summed E-state index contributed by atoms with van der Waals surface area (Å²) in [5.41, 5.74) is 0.683. The van der Waals surface area contributed by atoms with Crippen LogP contribution in [0.4, 0.5) is 11.4 Å². The monoisotopic (exact) mass is 376 g/mol.